The molecule has 1 rings (SSSR count). The maximum atomic E-state index is 11.5. The summed E-state index contributed by atoms with van der Waals surface area (Å²) in [6.45, 7) is 1.62. The predicted molar refractivity (Wildman–Crippen MR) is 65.9 cm³/mol. The minimum atomic E-state index is -1.32. The second-order valence-electron chi connectivity index (χ2n) is 3.06. The van der Waals surface area contributed by atoms with E-state index in [1.807, 2.05) is 0 Å². The highest BCUT2D eigenvalue weighted by Crippen LogP contribution is 2.44. The zero-order chi connectivity index (χ0) is 13.2. The van der Waals surface area contributed by atoms with Crippen molar-refractivity contribution in [2.45, 2.75) is 6.92 Å². The maximum absolute atomic E-state index is 11.5. The number of esters is 2. The van der Waals surface area contributed by atoms with Crippen molar-refractivity contribution in [3.05, 3.63) is 21.1 Å². The number of aliphatic hydroxyl groups excluding tert-OH is 1. The summed E-state index contributed by atoms with van der Waals surface area (Å²) in [6, 6.07) is 0. The van der Waals surface area contributed by atoms with Crippen molar-refractivity contribution < 1.29 is 24.2 Å². The monoisotopic (exact) mass is 278 g/mol. The van der Waals surface area contributed by atoms with E-state index in [1.165, 1.54) is 6.08 Å². The molecule has 0 bridgehead atoms. The molecule has 1 aliphatic rings. The van der Waals surface area contributed by atoms with Crippen molar-refractivity contribution in [3.8, 4) is 0 Å². The molecule has 0 radical (unpaired) electrons. The highest BCUT2D eigenvalue weighted by atomic mass is 35.5. The Morgan fingerprint density at radius 3 is 2.06 bits per heavy atom. The van der Waals surface area contributed by atoms with Gasteiger partial charge in [-0.1, -0.05) is 22.1 Å². The average molecular weight is 279 g/mol. The highest BCUT2D eigenvalue weighted by Gasteiger charge is 2.30. The van der Waals surface area contributed by atoms with Crippen LogP contribution in [0.4, 0.5) is 0 Å². The van der Waals surface area contributed by atoms with Gasteiger partial charge in [0.05, 0.1) is 18.6 Å². The molecule has 0 aromatic rings. The van der Waals surface area contributed by atoms with Crippen molar-refractivity contribution in [1.29, 1.82) is 0 Å². The van der Waals surface area contributed by atoms with Gasteiger partial charge in [-0.15, -0.1) is 0 Å². The van der Waals surface area contributed by atoms with Gasteiger partial charge in [0.1, 0.15) is 0 Å². The van der Waals surface area contributed by atoms with E-state index in [0.717, 1.165) is 14.2 Å². The van der Waals surface area contributed by atoms with Gasteiger partial charge in [-0.3, -0.25) is 0 Å². The number of rotatable bonds is 2. The largest absolute Gasteiger partial charge is 0.502 e. The number of carbonyl (C=O) groups excluding carboxylic acids is 2. The van der Waals surface area contributed by atoms with Gasteiger partial charge in [0.15, 0.2) is 9.96 Å². The quantitative estimate of drug-likeness (QED) is 0.472. The van der Waals surface area contributed by atoms with Crippen LogP contribution < -0.4 is 0 Å². The summed E-state index contributed by atoms with van der Waals surface area (Å²) in [5.74, 6) is -1.74. The minimum absolute atomic E-state index is 0.124. The molecule has 0 saturated heterocycles. The molecule has 1 unspecified atom stereocenters. The number of hydrogen-bond acceptors (Lipinski definition) is 5. The first kappa shape index (κ1) is 13.8. The van der Waals surface area contributed by atoms with Gasteiger partial charge in [0.2, 0.25) is 0 Å². The van der Waals surface area contributed by atoms with E-state index in [1.54, 1.807) is 6.92 Å². The molecule has 17 heavy (non-hydrogen) atoms. The van der Waals surface area contributed by atoms with Gasteiger partial charge in [-0.25, -0.2) is 9.59 Å². The van der Waals surface area contributed by atoms with E-state index in [-0.39, 0.29) is 14.3 Å². The first-order valence-electron chi connectivity index (χ1n) is 4.49. The van der Waals surface area contributed by atoms with Crippen LogP contribution in [0.1, 0.15) is 6.92 Å². The third-order valence-corrected chi connectivity index (χ3v) is 4.53. The second kappa shape index (κ2) is 5.37. The van der Waals surface area contributed by atoms with Crippen LogP contribution in [0.5, 0.6) is 0 Å². The average Bonchev–Trinajstić information content (AvgIpc) is 2.55. The van der Waals surface area contributed by atoms with E-state index in [4.69, 9.17) is 11.6 Å². The van der Waals surface area contributed by atoms with Crippen molar-refractivity contribution in [3.63, 3.8) is 0 Å². The number of ether oxygens (including phenoxy) is 2. The summed E-state index contributed by atoms with van der Waals surface area (Å²) < 4.78 is 9.18. The number of aliphatic hydroxyl groups is 1. The molecule has 1 N–H and O–H groups in total. The summed E-state index contributed by atoms with van der Waals surface area (Å²) in [5, 5.41) is 9.68. The van der Waals surface area contributed by atoms with Crippen molar-refractivity contribution >= 4 is 38.9 Å². The smallest absolute Gasteiger partial charge is 0.351 e. The Labute approximate surface area is 106 Å². The number of allylic oxidation sites excluding steroid dienone is 2. The summed E-state index contributed by atoms with van der Waals surface area (Å²) in [5.41, 5.74) is 0.503. The number of methoxy groups -OCH3 is 2. The number of halogens is 1. The molecule has 7 heteroatoms. The zero-order valence-corrected chi connectivity index (χ0v) is 11.0. The SMILES string of the molecule is COC(=O)C(C(=O)OC)=S1C(Cl)=CC(C)=C1O. The third kappa shape index (κ3) is 2.53. The Morgan fingerprint density at radius 1 is 1.29 bits per heavy atom. The first-order valence-corrected chi connectivity index (χ1v) is 6.09. The molecule has 0 fully saturated rings. The van der Waals surface area contributed by atoms with Gasteiger partial charge in [0, 0.05) is 0 Å². The maximum Gasteiger partial charge on any atom is 0.351 e. The van der Waals surface area contributed by atoms with Crippen molar-refractivity contribution in [1.82, 2.24) is 0 Å². The minimum Gasteiger partial charge on any atom is -0.502 e. The summed E-state index contributed by atoms with van der Waals surface area (Å²) >= 11 is 5.90. The lowest BCUT2D eigenvalue weighted by Gasteiger charge is -2.09. The van der Waals surface area contributed by atoms with Gasteiger partial charge < -0.3 is 14.6 Å². The van der Waals surface area contributed by atoms with Crippen LogP contribution in [0.25, 0.3) is 0 Å². The van der Waals surface area contributed by atoms with Gasteiger partial charge in [0.25, 0.3) is 0 Å². The Balaban J connectivity index is 3.45. The van der Waals surface area contributed by atoms with Crippen molar-refractivity contribution in [2.24, 2.45) is 0 Å². The Morgan fingerprint density at radius 2 is 1.76 bits per heavy atom. The number of hydrogen-bond donors (Lipinski definition) is 1. The predicted octanol–water partition coefficient (Wildman–Crippen LogP) is 1.66. The van der Waals surface area contributed by atoms with E-state index in [9.17, 15) is 14.7 Å². The van der Waals surface area contributed by atoms with Crippen LogP contribution in [-0.2, 0) is 19.1 Å². The lowest BCUT2D eigenvalue weighted by molar-refractivity contribution is -0.137. The van der Waals surface area contributed by atoms with Crippen molar-refractivity contribution in [2.75, 3.05) is 14.2 Å². The van der Waals surface area contributed by atoms with Gasteiger partial charge in [-0.2, -0.15) is 0 Å². The lowest BCUT2D eigenvalue weighted by atomic mass is 10.3. The molecule has 5 nitrogen and oxygen atoms in total. The molecular formula is C10H11ClO5S. The van der Waals surface area contributed by atoms with Crippen LogP contribution >= 0.6 is 22.1 Å². The van der Waals surface area contributed by atoms with E-state index in [0.29, 0.717) is 5.57 Å². The van der Waals surface area contributed by atoms with Crippen LogP contribution in [0.15, 0.2) is 21.1 Å². The molecule has 94 valence electrons. The molecule has 0 aromatic heterocycles. The molecule has 0 aromatic carbocycles. The molecule has 0 amide bonds. The Hall–Kier alpha value is -1.27. The van der Waals surface area contributed by atoms with Crippen LogP contribution in [-0.4, -0.2) is 36.1 Å². The second-order valence-corrected chi connectivity index (χ2v) is 5.53. The fourth-order valence-electron chi connectivity index (χ4n) is 1.17. The van der Waals surface area contributed by atoms with Crippen LogP contribution in [0.3, 0.4) is 0 Å². The molecule has 1 aliphatic heterocycles. The number of carbonyl (C=O) groups is 2. The van der Waals surface area contributed by atoms with Crippen LogP contribution in [0.2, 0.25) is 0 Å². The van der Waals surface area contributed by atoms with E-state index in [2.05, 4.69) is 9.47 Å². The lowest BCUT2D eigenvalue weighted by Crippen LogP contribution is -2.26. The van der Waals surface area contributed by atoms with Gasteiger partial charge >= 0.3 is 11.9 Å². The summed E-state index contributed by atoms with van der Waals surface area (Å²) in [4.78, 5) is 22.7. The van der Waals surface area contributed by atoms with Gasteiger partial charge in [-0.05, 0) is 18.6 Å². The molecule has 0 saturated carbocycles. The summed E-state index contributed by atoms with van der Waals surface area (Å²) in [6.07, 6.45) is 1.49. The highest BCUT2D eigenvalue weighted by molar-refractivity contribution is 8.25. The molecule has 1 atom stereocenters. The van der Waals surface area contributed by atoms with Crippen LogP contribution in [0, 0.1) is 0 Å². The fourth-order valence-corrected chi connectivity index (χ4v) is 3.54. The normalized spacial score (nSPS) is 18.8. The van der Waals surface area contributed by atoms with E-state index < -0.39 is 22.4 Å². The molecule has 0 aliphatic carbocycles. The third-order valence-electron chi connectivity index (χ3n) is 2.00. The summed E-state index contributed by atoms with van der Waals surface area (Å²) in [7, 11) is 0.954. The molecule has 0 spiro atoms. The molecule has 1 heterocycles. The fraction of sp³-hybridized carbons (Fsp3) is 0.300. The Bertz CT molecular complexity index is 457. The first-order chi connectivity index (χ1) is 7.93. The van der Waals surface area contributed by atoms with E-state index >= 15 is 0 Å². The topological polar surface area (TPSA) is 72.8 Å². The zero-order valence-electron chi connectivity index (χ0n) is 9.44. The molecular weight excluding hydrogens is 268 g/mol. The Kier molecular flexibility index (Phi) is 4.36. The standard InChI is InChI=1S/C10H11ClO5S/c1-5-4-6(11)17(10(5)14)7(8(12)15-2)9(13)16-3/h4,14H,1-3H3.